The maximum absolute atomic E-state index is 13.0. The van der Waals surface area contributed by atoms with E-state index in [0.717, 1.165) is 0 Å². The molecule has 0 spiro atoms. The highest BCUT2D eigenvalue weighted by molar-refractivity contribution is 5.93. The van der Waals surface area contributed by atoms with E-state index in [1.54, 1.807) is 12.1 Å². The molecule has 3 aromatic carbocycles. The maximum Gasteiger partial charge on any atom is 0.312 e. The molecule has 0 fully saturated rings. The zero-order valence-electron chi connectivity index (χ0n) is 17.0. The molecule has 0 aliphatic carbocycles. The van der Waals surface area contributed by atoms with Crippen LogP contribution in [0.2, 0.25) is 0 Å². The highest BCUT2D eigenvalue weighted by atomic mass is 16.5. The highest BCUT2D eigenvalue weighted by Crippen LogP contribution is 2.46. The van der Waals surface area contributed by atoms with Crippen LogP contribution in [0.15, 0.2) is 69.9 Å². The SMILES string of the molecule is COc1cc(C2CC(=O)Oc3cc(O)c4c(=O)cc(-c5ccccc5)oc4c32)ccc1O. The van der Waals surface area contributed by atoms with Gasteiger partial charge in [-0.2, -0.15) is 0 Å². The maximum atomic E-state index is 13.0. The Hall–Kier alpha value is -4.26. The molecule has 0 radical (unpaired) electrons. The van der Waals surface area contributed by atoms with Gasteiger partial charge in [-0.1, -0.05) is 36.4 Å². The van der Waals surface area contributed by atoms with Crippen LogP contribution in [-0.2, 0) is 4.79 Å². The Bertz CT molecular complexity index is 1420. The highest BCUT2D eigenvalue weighted by Gasteiger charge is 2.34. The first kappa shape index (κ1) is 19.7. The van der Waals surface area contributed by atoms with Gasteiger partial charge in [0.25, 0.3) is 0 Å². The lowest BCUT2D eigenvalue weighted by Crippen LogP contribution is -2.22. The summed E-state index contributed by atoms with van der Waals surface area (Å²) >= 11 is 0. The molecule has 1 aromatic heterocycles. The molecule has 1 aliphatic rings. The van der Waals surface area contributed by atoms with Gasteiger partial charge in [0.15, 0.2) is 16.9 Å². The van der Waals surface area contributed by atoms with Crippen LogP contribution in [0.3, 0.4) is 0 Å². The van der Waals surface area contributed by atoms with Gasteiger partial charge < -0.3 is 24.1 Å². The van der Waals surface area contributed by atoms with Gasteiger partial charge in [0, 0.05) is 29.2 Å². The number of hydrogen-bond donors (Lipinski definition) is 2. The second-order valence-corrected chi connectivity index (χ2v) is 7.51. The van der Waals surface area contributed by atoms with Crippen LogP contribution >= 0.6 is 0 Å². The van der Waals surface area contributed by atoms with Gasteiger partial charge in [-0.3, -0.25) is 9.59 Å². The van der Waals surface area contributed by atoms with Gasteiger partial charge in [0.2, 0.25) is 0 Å². The van der Waals surface area contributed by atoms with E-state index in [0.29, 0.717) is 22.5 Å². The van der Waals surface area contributed by atoms with Gasteiger partial charge in [0.1, 0.15) is 28.2 Å². The summed E-state index contributed by atoms with van der Waals surface area (Å²) in [7, 11) is 1.43. The molecule has 7 nitrogen and oxygen atoms in total. The molecule has 1 unspecified atom stereocenters. The molecular formula is C25H18O7. The van der Waals surface area contributed by atoms with Crippen LogP contribution in [0, 0.1) is 0 Å². The molecule has 2 heterocycles. The van der Waals surface area contributed by atoms with Gasteiger partial charge in [-0.05, 0) is 17.7 Å². The molecule has 1 aliphatic heterocycles. The van der Waals surface area contributed by atoms with Gasteiger partial charge >= 0.3 is 5.97 Å². The van der Waals surface area contributed by atoms with Crippen molar-refractivity contribution >= 4 is 16.9 Å². The molecule has 7 heteroatoms. The predicted octanol–water partition coefficient (Wildman–Crippen LogP) is 4.32. The first-order chi connectivity index (χ1) is 15.5. The number of phenolic OH excluding ortho intramolecular Hbond substituents is 2. The van der Waals surface area contributed by atoms with Gasteiger partial charge in [-0.25, -0.2) is 0 Å². The second-order valence-electron chi connectivity index (χ2n) is 7.51. The summed E-state index contributed by atoms with van der Waals surface area (Å²) in [4.78, 5) is 25.3. The Morgan fingerprint density at radius 1 is 0.969 bits per heavy atom. The lowest BCUT2D eigenvalue weighted by Gasteiger charge is -2.26. The molecule has 0 amide bonds. The van der Waals surface area contributed by atoms with Crippen molar-refractivity contribution < 1.29 is 28.9 Å². The van der Waals surface area contributed by atoms with Crippen molar-refractivity contribution in [2.75, 3.05) is 7.11 Å². The van der Waals surface area contributed by atoms with Crippen molar-refractivity contribution in [2.24, 2.45) is 0 Å². The lowest BCUT2D eigenvalue weighted by molar-refractivity contribution is -0.135. The first-order valence-corrected chi connectivity index (χ1v) is 9.93. The van der Waals surface area contributed by atoms with Crippen LogP contribution in [0.5, 0.6) is 23.0 Å². The summed E-state index contributed by atoms with van der Waals surface area (Å²) < 4.78 is 16.8. The lowest BCUT2D eigenvalue weighted by atomic mass is 9.85. The Kier molecular flexibility index (Phi) is 4.59. The number of esters is 1. The van der Waals surface area contributed by atoms with Crippen molar-refractivity contribution in [3.05, 3.63) is 82.0 Å². The van der Waals surface area contributed by atoms with E-state index >= 15 is 0 Å². The normalized spacial score (nSPS) is 15.3. The summed E-state index contributed by atoms with van der Waals surface area (Å²) in [6.07, 6.45) is -0.0138. The van der Waals surface area contributed by atoms with Crippen molar-refractivity contribution in [1.29, 1.82) is 0 Å². The van der Waals surface area contributed by atoms with Crippen LogP contribution in [0.1, 0.15) is 23.5 Å². The monoisotopic (exact) mass is 430 g/mol. The fraction of sp³-hybridized carbons (Fsp3) is 0.120. The summed E-state index contributed by atoms with van der Waals surface area (Å²) in [5.74, 6) is -0.705. The minimum Gasteiger partial charge on any atom is -0.507 e. The minimum atomic E-state index is -0.543. The van der Waals surface area contributed by atoms with Crippen molar-refractivity contribution in [3.63, 3.8) is 0 Å². The number of aromatic hydroxyl groups is 2. The van der Waals surface area contributed by atoms with E-state index in [9.17, 15) is 19.8 Å². The van der Waals surface area contributed by atoms with Crippen LogP contribution in [0.25, 0.3) is 22.3 Å². The smallest absolute Gasteiger partial charge is 0.312 e. The molecule has 4 aromatic rings. The Morgan fingerprint density at radius 2 is 1.75 bits per heavy atom. The average molecular weight is 430 g/mol. The van der Waals surface area contributed by atoms with Gasteiger partial charge in [0.05, 0.1) is 13.5 Å². The number of phenols is 2. The third-order valence-corrected chi connectivity index (χ3v) is 5.59. The van der Waals surface area contributed by atoms with Crippen LogP contribution in [0.4, 0.5) is 0 Å². The number of fused-ring (bicyclic) bond motifs is 3. The predicted molar refractivity (Wildman–Crippen MR) is 116 cm³/mol. The number of ether oxygens (including phenoxy) is 2. The zero-order valence-corrected chi connectivity index (χ0v) is 17.0. The largest absolute Gasteiger partial charge is 0.507 e. The van der Waals surface area contributed by atoms with Gasteiger partial charge in [-0.15, -0.1) is 0 Å². The summed E-state index contributed by atoms with van der Waals surface area (Å²) in [6.45, 7) is 0. The number of benzene rings is 3. The fourth-order valence-electron chi connectivity index (χ4n) is 4.10. The summed E-state index contributed by atoms with van der Waals surface area (Å²) in [5.41, 5.74) is 1.57. The topological polar surface area (TPSA) is 106 Å². The Labute approximate surface area is 182 Å². The third kappa shape index (κ3) is 3.15. The first-order valence-electron chi connectivity index (χ1n) is 9.93. The van der Waals surface area contributed by atoms with Crippen LogP contribution in [-0.4, -0.2) is 23.3 Å². The molecule has 32 heavy (non-hydrogen) atoms. The molecule has 160 valence electrons. The number of carbonyl (C=O) groups is 1. The number of carbonyl (C=O) groups excluding carboxylic acids is 1. The number of rotatable bonds is 3. The molecule has 0 bridgehead atoms. The summed E-state index contributed by atoms with van der Waals surface area (Å²) in [6, 6.07) is 16.5. The third-order valence-electron chi connectivity index (χ3n) is 5.59. The molecule has 5 rings (SSSR count). The fourth-order valence-corrected chi connectivity index (χ4v) is 4.10. The number of hydrogen-bond acceptors (Lipinski definition) is 7. The van der Waals surface area contributed by atoms with Crippen molar-refractivity contribution in [2.45, 2.75) is 12.3 Å². The average Bonchev–Trinajstić information content (AvgIpc) is 2.79. The van der Waals surface area contributed by atoms with Crippen LogP contribution < -0.4 is 14.9 Å². The molecule has 0 saturated heterocycles. The van der Waals surface area contributed by atoms with Crippen molar-refractivity contribution in [1.82, 2.24) is 0 Å². The summed E-state index contributed by atoms with van der Waals surface area (Å²) in [5, 5.41) is 20.5. The number of methoxy groups -OCH3 is 1. The van der Waals surface area contributed by atoms with E-state index < -0.39 is 17.3 Å². The molecule has 0 saturated carbocycles. The minimum absolute atomic E-state index is 0.0112. The van der Waals surface area contributed by atoms with E-state index in [1.807, 2.05) is 30.3 Å². The van der Waals surface area contributed by atoms with E-state index in [2.05, 4.69) is 0 Å². The Morgan fingerprint density at radius 3 is 2.50 bits per heavy atom. The quantitative estimate of drug-likeness (QED) is 0.368. The standard InChI is InChI=1S/C25H18O7/c1-30-20-9-14(7-8-16(20)26)15-10-22(29)31-21-12-18(28)24-17(27)11-19(32-25(24)23(15)21)13-5-3-2-4-6-13/h2-9,11-12,15,26,28H,10H2,1H3. The molecule has 2 N–H and O–H groups in total. The zero-order chi connectivity index (χ0) is 22.4. The van der Waals surface area contributed by atoms with E-state index in [1.165, 1.54) is 25.3 Å². The molecule has 1 atom stereocenters. The van der Waals surface area contributed by atoms with E-state index in [-0.39, 0.29) is 40.4 Å². The molecular weight excluding hydrogens is 412 g/mol. The Balaban J connectivity index is 1.82. The second kappa shape index (κ2) is 7.46. The van der Waals surface area contributed by atoms with Crippen molar-refractivity contribution in [3.8, 4) is 34.3 Å². The van der Waals surface area contributed by atoms with E-state index in [4.69, 9.17) is 13.9 Å².